The van der Waals surface area contributed by atoms with Crippen molar-refractivity contribution in [1.82, 2.24) is 20.4 Å². The Labute approximate surface area is 150 Å². The van der Waals surface area contributed by atoms with E-state index in [9.17, 15) is 0 Å². The molecule has 0 fully saturated rings. The molecule has 0 bridgehead atoms. The van der Waals surface area contributed by atoms with Crippen molar-refractivity contribution in [2.45, 2.75) is 32.2 Å². The average molecular weight is 343 g/mol. The van der Waals surface area contributed by atoms with Crippen LogP contribution in [0.4, 0.5) is 0 Å². The highest BCUT2D eigenvalue weighted by Crippen LogP contribution is 2.24. The molecular weight excluding hydrogens is 314 g/mol. The Hall–Kier alpha value is -2.50. The number of aryl methyl sites for hydroxylation is 1. The lowest BCUT2D eigenvalue weighted by Gasteiger charge is -2.27. The highest BCUT2D eigenvalue weighted by Gasteiger charge is 2.20. The molecule has 0 unspecified atom stereocenters. The molecule has 2 rings (SSSR count). The van der Waals surface area contributed by atoms with Crippen molar-refractivity contribution in [3.05, 3.63) is 48.3 Å². The van der Waals surface area contributed by atoms with Crippen LogP contribution in [0.15, 0.2) is 47.7 Å². The van der Waals surface area contributed by atoms with Crippen LogP contribution in [0.5, 0.6) is 5.75 Å². The number of aliphatic imine (C=N–C) groups is 1. The van der Waals surface area contributed by atoms with Crippen LogP contribution in [0.25, 0.3) is 0 Å². The second-order valence-corrected chi connectivity index (χ2v) is 6.59. The molecule has 6 heteroatoms. The van der Waals surface area contributed by atoms with Gasteiger partial charge in [0.1, 0.15) is 5.75 Å². The number of benzene rings is 1. The van der Waals surface area contributed by atoms with Crippen LogP contribution in [0.2, 0.25) is 0 Å². The van der Waals surface area contributed by atoms with E-state index in [0.717, 1.165) is 37.8 Å². The molecule has 0 saturated carbocycles. The van der Waals surface area contributed by atoms with Crippen molar-refractivity contribution in [1.29, 1.82) is 0 Å². The molecule has 0 amide bonds. The topological polar surface area (TPSA) is 63.5 Å². The zero-order chi connectivity index (χ0) is 18.1. The Balaban J connectivity index is 1.78. The summed E-state index contributed by atoms with van der Waals surface area (Å²) in [5.74, 6) is 1.70. The van der Waals surface area contributed by atoms with Crippen LogP contribution in [-0.4, -0.2) is 43.0 Å². The van der Waals surface area contributed by atoms with Gasteiger partial charge < -0.3 is 15.4 Å². The first-order chi connectivity index (χ1) is 12.0. The predicted octanol–water partition coefficient (Wildman–Crippen LogP) is 2.42. The molecule has 0 aliphatic heterocycles. The van der Waals surface area contributed by atoms with Gasteiger partial charge in [0.2, 0.25) is 0 Å². The quantitative estimate of drug-likeness (QED) is 0.439. The predicted molar refractivity (Wildman–Crippen MR) is 102 cm³/mol. The second-order valence-electron chi connectivity index (χ2n) is 6.59. The zero-order valence-corrected chi connectivity index (χ0v) is 15.6. The van der Waals surface area contributed by atoms with Crippen LogP contribution in [0.3, 0.4) is 0 Å². The maximum Gasteiger partial charge on any atom is 0.191 e. The van der Waals surface area contributed by atoms with Crippen LogP contribution in [-0.2, 0) is 12.0 Å². The van der Waals surface area contributed by atoms with Gasteiger partial charge in [-0.15, -0.1) is 0 Å². The van der Waals surface area contributed by atoms with Crippen LogP contribution < -0.4 is 15.4 Å². The number of methoxy groups -OCH3 is 1. The third-order valence-electron chi connectivity index (χ3n) is 4.21. The van der Waals surface area contributed by atoms with Crippen molar-refractivity contribution in [2.75, 3.05) is 27.2 Å². The minimum absolute atomic E-state index is 0.0149. The fourth-order valence-corrected chi connectivity index (χ4v) is 2.55. The number of ether oxygens (including phenoxy) is 1. The average Bonchev–Trinajstić information content (AvgIpc) is 3.14. The van der Waals surface area contributed by atoms with Gasteiger partial charge in [0.25, 0.3) is 0 Å². The zero-order valence-electron chi connectivity index (χ0n) is 15.6. The van der Waals surface area contributed by atoms with Gasteiger partial charge in [0.05, 0.1) is 7.11 Å². The molecular formula is C19H29N5O. The van der Waals surface area contributed by atoms with Crippen molar-refractivity contribution in [3.63, 3.8) is 0 Å². The van der Waals surface area contributed by atoms with Crippen LogP contribution in [0.1, 0.15) is 25.8 Å². The minimum atomic E-state index is -0.0149. The summed E-state index contributed by atoms with van der Waals surface area (Å²) in [6.07, 6.45) is 4.77. The van der Waals surface area contributed by atoms with E-state index in [1.807, 2.05) is 29.1 Å². The van der Waals surface area contributed by atoms with Crippen molar-refractivity contribution in [2.24, 2.45) is 4.99 Å². The van der Waals surface area contributed by atoms with E-state index in [1.165, 1.54) is 5.56 Å². The normalized spacial score (nSPS) is 12.1. The largest absolute Gasteiger partial charge is 0.497 e. The molecule has 1 heterocycles. The first-order valence-electron chi connectivity index (χ1n) is 8.61. The van der Waals surface area contributed by atoms with Crippen LogP contribution in [0, 0.1) is 0 Å². The van der Waals surface area contributed by atoms with Gasteiger partial charge in [-0.2, -0.15) is 5.10 Å². The summed E-state index contributed by atoms with van der Waals surface area (Å²) in [6.45, 7) is 6.97. The number of nitrogens with one attached hydrogen (secondary N) is 2. The first-order valence-corrected chi connectivity index (χ1v) is 8.61. The Kier molecular flexibility index (Phi) is 6.86. The van der Waals surface area contributed by atoms with Crippen molar-refractivity contribution >= 4 is 5.96 Å². The number of aromatic nitrogens is 2. The summed E-state index contributed by atoms with van der Waals surface area (Å²) in [5, 5.41) is 11.0. The SMILES string of the molecule is CN=C(NCCCn1cccn1)NCC(C)(C)c1ccc(OC)cc1. The Morgan fingerprint density at radius 1 is 1.24 bits per heavy atom. The Morgan fingerprint density at radius 3 is 2.60 bits per heavy atom. The number of hydrogen-bond donors (Lipinski definition) is 2. The van der Waals surface area contributed by atoms with Gasteiger partial charge in [-0.05, 0) is 30.2 Å². The molecule has 0 aliphatic carbocycles. The van der Waals surface area contributed by atoms with E-state index < -0.39 is 0 Å². The molecule has 0 saturated heterocycles. The summed E-state index contributed by atoms with van der Waals surface area (Å²) in [6, 6.07) is 10.2. The van der Waals surface area contributed by atoms with Crippen molar-refractivity contribution < 1.29 is 4.74 Å². The van der Waals surface area contributed by atoms with Gasteiger partial charge in [0.15, 0.2) is 5.96 Å². The molecule has 6 nitrogen and oxygen atoms in total. The van der Waals surface area contributed by atoms with Gasteiger partial charge in [-0.1, -0.05) is 26.0 Å². The van der Waals surface area contributed by atoms with Gasteiger partial charge in [0, 0.05) is 44.5 Å². The van der Waals surface area contributed by atoms with E-state index >= 15 is 0 Å². The smallest absolute Gasteiger partial charge is 0.191 e. The Bertz CT molecular complexity index is 647. The third kappa shape index (κ3) is 5.81. The number of rotatable bonds is 8. The molecule has 136 valence electrons. The summed E-state index contributed by atoms with van der Waals surface area (Å²) < 4.78 is 7.16. The summed E-state index contributed by atoms with van der Waals surface area (Å²) in [4.78, 5) is 4.30. The molecule has 0 atom stereocenters. The maximum atomic E-state index is 5.23. The molecule has 0 radical (unpaired) electrons. The highest BCUT2D eigenvalue weighted by molar-refractivity contribution is 5.79. The molecule has 2 aromatic rings. The van der Waals surface area contributed by atoms with E-state index in [4.69, 9.17) is 4.74 Å². The van der Waals surface area contributed by atoms with Crippen molar-refractivity contribution in [3.8, 4) is 5.75 Å². The fraction of sp³-hybridized carbons (Fsp3) is 0.474. The van der Waals surface area contributed by atoms with E-state index in [0.29, 0.717) is 0 Å². The number of nitrogens with zero attached hydrogens (tertiary/aromatic N) is 3. The highest BCUT2D eigenvalue weighted by atomic mass is 16.5. The lowest BCUT2D eigenvalue weighted by atomic mass is 9.84. The van der Waals surface area contributed by atoms with Gasteiger partial charge >= 0.3 is 0 Å². The van der Waals surface area contributed by atoms with Gasteiger partial charge in [-0.25, -0.2) is 0 Å². The fourth-order valence-electron chi connectivity index (χ4n) is 2.55. The van der Waals surface area contributed by atoms with E-state index in [1.54, 1.807) is 20.4 Å². The first kappa shape index (κ1) is 18.8. The maximum absolute atomic E-state index is 5.23. The van der Waals surface area contributed by atoms with Gasteiger partial charge in [-0.3, -0.25) is 9.67 Å². The monoisotopic (exact) mass is 343 g/mol. The van der Waals surface area contributed by atoms with Crippen LogP contribution >= 0.6 is 0 Å². The molecule has 0 aliphatic rings. The second kappa shape index (κ2) is 9.11. The third-order valence-corrected chi connectivity index (χ3v) is 4.21. The lowest BCUT2D eigenvalue weighted by molar-refractivity contribution is 0.414. The number of guanidine groups is 1. The summed E-state index contributed by atoms with van der Waals surface area (Å²) in [7, 11) is 3.48. The summed E-state index contributed by atoms with van der Waals surface area (Å²) in [5.41, 5.74) is 1.24. The standard InChI is InChI=1S/C19H29N5O/c1-19(2,16-7-9-17(25-4)10-8-16)15-22-18(20-3)21-11-5-13-24-14-6-12-23-24/h6-10,12,14H,5,11,13,15H2,1-4H3,(H2,20,21,22). The molecule has 1 aromatic heterocycles. The number of hydrogen-bond acceptors (Lipinski definition) is 3. The minimum Gasteiger partial charge on any atom is -0.497 e. The molecule has 2 N–H and O–H groups in total. The molecule has 25 heavy (non-hydrogen) atoms. The Morgan fingerprint density at radius 2 is 2.00 bits per heavy atom. The van der Waals surface area contributed by atoms with E-state index in [2.05, 4.69) is 46.7 Å². The molecule has 1 aromatic carbocycles. The van der Waals surface area contributed by atoms with E-state index in [-0.39, 0.29) is 5.41 Å². The summed E-state index contributed by atoms with van der Waals surface area (Å²) >= 11 is 0. The lowest BCUT2D eigenvalue weighted by Crippen LogP contribution is -2.43. The molecule has 0 spiro atoms.